The highest BCUT2D eigenvalue weighted by atomic mass is 16.2. The summed E-state index contributed by atoms with van der Waals surface area (Å²) >= 11 is 0. The number of carbonyl (C=O) groups is 2. The molecule has 0 aliphatic rings. The highest BCUT2D eigenvalue weighted by molar-refractivity contribution is 5.95. The monoisotopic (exact) mass is 246 g/mol. The van der Waals surface area contributed by atoms with Gasteiger partial charge in [-0.2, -0.15) is 5.26 Å². The van der Waals surface area contributed by atoms with Crippen molar-refractivity contribution in [3.05, 3.63) is 30.1 Å². The van der Waals surface area contributed by atoms with E-state index in [1.165, 1.54) is 12.3 Å². The van der Waals surface area contributed by atoms with E-state index in [1.807, 2.05) is 6.07 Å². The number of nitrogens with two attached hydrogens (primary N) is 1. The molecule has 1 aromatic rings. The van der Waals surface area contributed by atoms with Crippen molar-refractivity contribution in [3.8, 4) is 6.07 Å². The van der Waals surface area contributed by atoms with Gasteiger partial charge in [-0.3, -0.25) is 14.6 Å². The van der Waals surface area contributed by atoms with Crippen LogP contribution in [0.1, 0.15) is 23.8 Å². The molecule has 2 amide bonds. The lowest BCUT2D eigenvalue weighted by Gasteiger charge is -2.19. The van der Waals surface area contributed by atoms with Crippen molar-refractivity contribution in [1.82, 2.24) is 10.3 Å². The molecule has 6 heteroatoms. The van der Waals surface area contributed by atoms with Crippen molar-refractivity contribution in [1.29, 1.82) is 5.26 Å². The van der Waals surface area contributed by atoms with Gasteiger partial charge in [-0.05, 0) is 18.1 Å². The van der Waals surface area contributed by atoms with E-state index < -0.39 is 17.9 Å². The van der Waals surface area contributed by atoms with Crippen molar-refractivity contribution < 1.29 is 9.59 Å². The maximum Gasteiger partial charge on any atom is 0.270 e. The highest BCUT2D eigenvalue weighted by Crippen LogP contribution is 2.08. The molecule has 3 N–H and O–H groups in total. The van der Waals surface area contributed by atoms with Crippen molar-refractivity contribution in [3.63, 3.8) is 0 Å². The molecule has 0 aliphatic carbocycles. The van der Waals surface area contributed by atoms with Crippen LogP contribution in [-0.4, -0.2) is 22.8 Å². The number of aromatic nitrogens is 1. The van der Waals surface area contributed by atoms with Gasteiger partial charge < -0.3 is 11.1 Å². The zero-order valence-electron chi connectivity index (χ0n) is 9.96. The lowest BCUT2D eigenvalue weighted by molar-refractivity contribution is -0.120. The average molecular weight is 246 g/mol. The number of nitrogens with zero attached hydrogens (tertiary/aromatic N) is 2. The highest BCUT2D eigenvalue weighted by Gasteiger charge is 2.25. The normalized spacial score (nSPS) is 13.1. The summed E-state index contributed by atoms with van der Waals surface area (Å²) in [6.07, 6.45) is 1.61. The Labute approximate surface area is 105 Å². The summed E-state index contributed by atoms with van der Waals surface area (Å²) in [7, 11) is 0. The number of nitriles is 1. The first-order valence-corrected chi connectivity index (χ1v) is 5.44. The maximum absolute atomic E-state index is 11.8. The van der Waals surface area contributed by atoms with E-state index in [1.54, 1.807) is 19.1 Å². The first-order valence-electron chi connectivity index (χ1n) is 5.44. The molecule has 0 unspecified atom stereocenters. The topological polar surface area (TPSA) is 109 Å². The van der Waals surface area contributed by atoms with Crippen molar-refractivity contribution >= 4 is 11.8 Å². The lowest BCUT2D eigenvalue weighted by Crippen LogP contribution is -2.48. The van der Waals surface area contributed by atoms with Gasteiger partial charge in [0.25, 0.3) is 5.91 Å². The lowest BCUT2D eigenvalue weighted by atomic mass is 9.98. The summed E-state index contributed by atoms with van der Waals surface area (Å²) in [5.74, 6) is -1.49. The Morgan fingerprint density at radius 3 is 2.78 bits per heavy atom. The summed E-state index contributed by atoms with van der Waals surface area (Å²) in [6, 6.07) is 5.94. The van der Waals surface area contributed by atoms with E-state index in [0.29, 0.717) is 0 Å². The zero-order valence-corrected chi connectivity index (χ0v) is 9.96. The summed E-state index contributed by atoms with van der Waals surface area (Å²) in [5.41, 5.74) is 5.41. The number of nitrogens with one attached hydrogen (secondary N) is 1. The largest absolute Gasteiger partial charge is 0.368 e. The number of pyridine rings is 1. The number of primary amides is 1. The quantitative estimate of drug-likeness (QED) is 0.774. The van der Waals surface area contributed by atoms with Crippen LogP contribution in [0.2, 0.25) is 0 Å². The molecule has 0 bridgehead atoms. The van der Waals surface area contributed by atoms with Crippen LogP contribution in [0.25, 0.3) is 0 Å². The van der Waals surface area contributed by atoms with Gasteiger partial charge >= 0.3 is 0 Å². The summed E-state index contributed by atoms with van der Waals surface area (Å²) < 4.78 is 0. The second-order valence-corrected chi connectivity index (χ2v) is 3.91. The number of amides is 2. The van der Waals surface area contributed by atoms with Gasteiger partial charge in [0.2, 0.25) is 5.91 Å². The van der Waals surface area contributed by atoms with E-state index in [4.69, 9.17) is 11.0 Å². The maximum atomic E-state index is 11.8. The molecular weight excluding hydrogens is 232 g/mol. The molecule has 1 rings (SSSR count). The van der Waals surface area contributed by atoms with Crippen LogP contribution < -0.4 is 11.1 Å². The second-order valence-electron chi connectivity index (χ2n) is 3.91. The van der Waals surface area contributed by atoms with Crippen molar-refractivity contribution in [2.75, 3.05) is 0 Å². The van der Waals surface area contributed by atoms with Crippen LogP contribution in [0, 0.1) is 17.2 Å². The molecule has 0 radical (unpaired) electrons. The first-order chi connectivity index (χ1) is 8.56. The molecule has 0 spiro atoms. The number of hydrogen-bond acceptors (Lipinski definition) is 4. The number of hydrogen-bond donors (Lipinski definition) is 2. The van der Waals surface area contributed by atoms with Crippen LogP contribution in [-0.2, 0) is 4.79 Å². The summed E-state index contributed by atoms with van der Waals surface area (Å²) in [6.45, 7) is 1.68. The van der Waals surface area contributed by atoms with E-state index in [-0.39, 0.29) is 18.0 Å². The molecule has 0 fully saturated rings. The Bertz CT molecular complexity index is 467. The van der Waals surface area contributed by atoms with Crippen LogP contribution in [0.15, 0.2) is 24.4 Å². The second kappa shape index (κ2) is 6.35. The SMILES string of the molecule is C[C@@H](CC#N)[C@H](NC(=O)c1ccccn1)C(N)=O. The van der Waals surface area contributed by atoms with Gasteiger partial charge in [0.05, 0.1) is 6.07 Å². The zero-order chi connectivity index (χ0) is 13.5. The molecular formula is C12H14N4O2. The van der Waals surface area contributed by atoms with E-state index in [2.05, 4.69) is 10.3 Å². The van der Waals surface area contributed by atoms with Gasteiger partial charge in [-0.1, -0.05) is 13.0 Å². The van der Waals surface area contributed by atoms with Crippen LogP contribution in [0.3, 0.4) is 0 Å². The van der Waals surface area contributed by atoms with Gasteiger partial charge in [0.1, 0.15) is 11.7 Å². The van der Waals surface area contributed by atoms with Crippen molar-refractivity contribution in [2.24, 2.45) is 11.7 Å². The molecule has 2 atom stereocenters. The fraction of sp³-hybridized carbons (Fsp3) is 0.333. The van der Waals surface area contributed by atoms with E-state index in [0.717, 1.165) is 0 Å². The Morgan fingerprint density at radius 2 is 2.28 bits per heavy atom. The predicted molar refractivity (Wildman–Crippen MR) is 64.1 cm³/mol. The molecule has 0 aromatic carbocycles. The van der Waals surface area contributed by atoms with E-state index >= 15 is 0 Å². The molecule has 0 saturated heterocycles. The molecule has 94 valence electrons. The molecule has 6 nitrogen and oxygen atoms in total. The molecule has 0 saturated carbocycles. The van der Waals surface area contributed by atoms with Crippen molar-refractivity contribution in [2.45, 2.75) is 19.4 Å². The smallest absolute Gasteiger partial charge is 0.270 e. The predicted octanol–water partition coefficient (Wildman–Crippen LogP) is 0.215. The standard InChI is InChI=1S/C12H14N4O2/c1-8(5-6-13)10(11(14)17)16-12(18)9-4-2-3-7-15-9/h2-4,7-8,10H,5H2,1H3,(H2,14,17)(H,16,18)/t8-,10-/m0/s1. The minimum atomic E-state index is -0.876. The Morgan fingerprint density at radius 1 is 1.56 bits per heavy atom. The Kier molecular flexibility index (Phi) is 4.81. The Hall–Kier alpha value is -2.42. The van der Waals surface area contributed by atoms with Gasteiger partial charge in [-0.15, -0.1) is 0 Å². The molecule has 0 aliphatic heterocycles. The number of carbonyl (C=O) groups excluding carboxylic acids is 2. The van der Waals surface area contributed by atoms with Crippen LogP contribution >= 0.6 is 0 Å². The molecule has 1 aromatic heterocycles. The third-order valence-electron chi connectivity index (χ3n) is 2.47. The number of rotatable bonds is 5. The fourth-order valence-electron chi connectivity index (χ4n) is 1.47. The fourth-order valence-corrected chi connectivity index (χ4v) is 1.47. The van der Waals surface area contributed by atoms with Gasteiger partial charge in [0.15, 0.2) is 0 Å². The summed E-state index contributed by atoms with van der Waals surface area (Å²) in [5, 5.41) is 11.1. The minimum absolute atomic E-state index is 0.135. The summed E-state index contributed by atoms with van der Waals surface area (Å²) in [4.78, 5) is 26.9. The third-order valence-corrected chi connectivity index (χ3v) is 2.47. The first kappa shape index (κ1) is 13.6. The van der Waals surface area contributed by atoms with E-state index in [9.17, 15) is 9.59 Å². The minimum Gasteiger partial charge on any atom is -0.368 e. The Balaban J connectivity index is 2.77. The molecule has 1 heterocycles. The van der Waals surface area contributed by atoms with Crippen LogP contribution in [0.5, 0.6) is 0 Å². The van der Waals surface area contributed by atoms with Crippen LogP contribution in [0.4, 0.5) is 0 Å². The third kappa shape index (κ3) is 3.56. The van der Waals surface area contributed by atoms with Gasteiger partial charge in [-0.25, -0.2) is 0 Å². The average Bonchev–Trinajstić information content (AvgIpc) is 2.36. The molecule has 18 heavy (non-hydrogen) atoms. The van der Waals surface area contributed by atoms with Gasteiger partial charge in [0, 0.05) is 12.6 Å².